The largest absolute Gasteiger partial charge is 0.480 e. The van der Waals surface area contributed by atoms with Crippen molar-refractivity contribution in [3.05, 3.63) is 0 Å². The molecule has 0 aliphatic carbocycles. The maximum Gasteiger partial charge on any atom is 0.411 e. The van der Waals surface area contributed by atoms with Gasteiger partial charge in [-0.1, -0.05) is 0 Å². The first-order chi connectivity index (χ1) is 8.87. The third kappa shape index (κ3) is 4.68. The molecular formula is C12H22N2O5. The van der Waals surface area contributed by atoms with Crippen LogP contribution in [0.15, 0.2) is 0 Å². The predicted molar refractivity (Wildman–Crippen MR) is 67.6 cm³/mol. The van der Waals surface area contributed by atoms with Crippen molar-refractivity contribution in [2.45, 2.75) is 44.8 Å². The van der Waals surface area contributed by atoms with Crippen LogP contribution in [0.1, 0.15) is 33.1 Å². The summed E-state index contributed by atoms with van der Waals surface area (Å²) in [5.74, 6) is -0.978. The van der Waals surface area contributed by atoms with Gasteiger partial charge in [0, 0.05) is 19.5 Å². The molecule has 1 fully saturated rings. The van der Waals surface area contributed by atoms with Crippen LogP contribution in [-0.2, 0) is 14.4 Å². The van der Waals surface area contributed by atoms with Gasteiger partial charge in [0.25, 0.3) is 0 Å². The van der Waals surface area contributed by atoms with E-state index < -0.39 is 23.7 Å². The fourth-order valence-corrected chi connectivity index (χ4v) is 2.04. The first-order valence-electron chi connectivity index (χ1n) is 6.35. The highest BCUT2D eigenvalue weighted by atomic mass is 16.6. The summed E-state index contributed by atoms with van der Waals surface area (Å²) in [6.07, 6.45) is 1.18. The van der Waals surface area contributed by atoms with Gasteiger partial charge < -0.3 is 14.7 Å². The van der Waals surface area contributed by atoms with E-state index in [0.717, 1.165) is 0 Å². The Morgan fingerprint density at radius 3 is 2.74 bits per heavy atom. The minimum absolute atomic E-state index is 0.433. The van der Waals surface area contributed by atoms with Crippen LogP contribution in [0.3, 0.4) is 0 Å². The quantitative estimate of drug-likeness (QED) is 0.555. The molecule has 1 unspecified atom stereocenters. The summed E-state index contributed by atoms with van der Waals surface area (Å²) in [6.45, 7) is 4.55. The number of carboxylic acids is 1. The van der Waals surface area contributed by atoms with Gasteiger partial charge in [0.1, 0.15) is 11.6 Å². The average molecular weight is 274 g/mol. The Kier molecular flexibility index (Phi) is 5.56. The Bertz CT molecular complexity index is 332. The van der Waals surface area contributed by atoms with Gasteiger partial charge in [0.05, 0.1) is 7.11 Å². The predicted octanol–water partition coefficient (Wildman–Crippen LogP) is 0.992. The van der Waals surface area contributed by atoms with Crippen LogP contribution >= 0.6 is 0 Å². The third-order valence-electron chi connectivity index (χ3n) is 3.11. The Morgan fingerprint density at radius 2 is 2.16 bits per heavy atom. The van der Waals surface area contributed by atoms with Crippen molar-refractivity contribution >= 4 is 12.1 Å². The lowest BCUT2D eigenvalue weighted by molar-refractivity contribution is -0.142. The Labute approximate surface area is 112 Å². The molecule has 110 valence electrons. The van der Waals surface area contributed by atoms with E-state index in [1.807, 2.05) is 0 Å². The monoisotopic (exact) mass is 274 g/mol. The first kappa shape index (κ1) is 15.7. The summed E-state index contributed by atoms with van der Waals surface area (Å²) < 4.78 is 5.38. The zero-order valence-electron chi connectivity index (χ0n) is 11.6. The lowest BCUT2D eigenvalue weighted by atomic mass is 10.1. The van der Waals surface area contributed by atoms with Gasteiger partial charge in [0.2, 0.25) is 0 Å². The van der Waals surface area contributed by atoms with Gasteiger partial charge in [-0.25, -0.2) is 15.1 Å². The van der Waals surface area contributed by atoms with Crippen LogP contribution in [0.25, 0.3) is 0 Å². The van der Waals surface area contributed by atoms with Gasteiger partial charge in [0.15, 0.2) is 0 Å². The van der Waals surface area contributed by atoms with Crippen molar-refractivity contribution in [2.24, 2.45) is 0 Å². The lowest BCUT2D eigenvalue weighted by Crippen LogP contribution is -2.44. The number of nitrogens with zero attached hydrogens (tertiary/aromatic N) is 1. The maximum atomic E-state index is 12.0. The molecule has 1 amide bonds. The highest BCUT2D eigenvalue weighted by Crippen LogP contribution is 2.22. The highest BCUT2D eigenvalue weighted by Gasteiger charge is 2.37. The number of ether oxygens (including phenoxy) is 1. The second kappa shape index (κ2) is 6.72. The summed E-state index contributed by atoms with van der Waals surface area (Å²) in [6, 6.07) is -0.764. The van der Waals surface area contributed by atoms with Crippen molar-refractivity contribution in [1.29, 1.82) is 0 Å². The number of aliphatic carboxylic acids is 1. The topological polar surface area (TPSA) is 88.1 Å². The smallest absolute Gasteiger partial charge is 0.411 e. The molecule has 0 aromatic heterocycles. The van der Waals surface area contributed by atoms with Gasteiger partial charge in [-0.3, -0.25) is 4.90 Å². The molecule has 1 aliphatic heterocycles. The summed E-state index contributed by atoms with van der Waals surface area (Å²) in [4.78, 5) is 29.0. The number of hydroxylamine groups is 1. The number of rotatable bonds is 6. The lowest BCUT2D eigenvalue weighted by Gasteiger charge is -2.29. The van der Waals surface area contributed by atoms with E-state index in [1.165, 1.54) is 12.0 Å². The number of carboxylic acid groups (broad SMARTS) is 1. The van der Waals surface area contributed by atoms with Crippen LogP contribution < -0.4 is 5.48 Å². The van der Waals surface area contributed by atoms with E-state index in [4.69, 9.17) is 14.7 Å². The van der Waals surface area contributed by atoms with Crippen molar-refractivity contribution < 1.29 is 24.3 Å². The summed E-state index contributed by atoms with van der Waals surface area (Å²) >= 11 is 0. The second-order valence-electron chi connectivity index (χ2n) is 5.17. The SMILES string of the molecule is CONCCC(C)(C)OC(=O)N1CCCC1C(=O)O. The van der Waals surface area contributed by atoms with Crippen LogP contribution in [0.2, 0.25) is 0 Å². The van der Waals surface area contributed by atoms with E-state index in [2.05, 4.69) is 5.48 Å². The number of likely N-dealkylation sites (tertiary alicyclic amines) is 1. The molecule has 2 N–H and O–H groups in total. The van der Waals surface area contributed by atoms with Crippen molar-refractivity contribution in [2.75, 3.05) is 20.2 Å². The summed E-state index contributed by atoms with van der Waals surface area (Å²) in [5.41, 5.74) is 2.00. The number of hydrogen-bond acceptors (Lipinski definition) is 5. The van der Waals surface area contributed by atoms with Crippen LogP contribution in [0, 0.1) is 0 Å². The van der Waals surface area contributed by atoms with Gasteiger partial charge in [-0.15, -0.1) is 0 Å². The fourth-order valence-electron chi connectivity index (χ4n) is 2.04. The molecule has 19 heavy (non-hydrogen) atoms. The Balaban J connectivity index is 2.51. The average Bonchev–Trinajstić information content (AvgIpc) is 2.77. The number of carbonyl (C=O) groups is 2. The molecule has 0 aromatic rings. The molecule has 7 nitrogen and oxygen atoms in total. The number of hydrogen-bond donors (Lipinski definition) is 2. The van der Waals surface area contributed by atoms with Crippen molar-refractivity contribution in [3.63, 3.8) is 0 Å². The molecular weight excluding hydrogens is 252 g/mol. The molecule has 0 spiro atoms. The Morgan fingerprint density at radius 1 is 1.47 bits per heavy atom. The van der Waals surface area contributed by atoms with Crippen molar-refractivity contribution in [1.82, 2.24) is 10.4 Å². The van der Waals surface area contributed by atoms with E-state index in [1.54, 1.807) is 13.8 Å². The molecule has 0 radical (unpaired) electrons. The molecule has 1 atom stereocenters. The number of nitrogens with one attached hydrogen (secondary N) is 1. The van der Waals surface area contributed by atoms with E-state index in [0.29, 0.717) is 32.4 Å². The third-order valence-corrected chi connectivity index (χ3v) is 3.11. The zero-order chi connectivity index (χ0) is 14.5. The maximum absolute atomic E-state index is 12.0. The molecule has 1 aliphatic rings. The zero-order valence-corrected chi connectivity index (χ0v) is 11.6. The minimum atomic E-state index is -0.978. The second-order valence-corrected chi connectivity index (χ2v) is 5.17. The molecule has 1 rings (SSSR count). The molecule has 1 heterocycles. The number of carbonyl (C=O) groups excluding carboxylic acids is 1. The van der Waals surface area contributed by atoms with Gasteiger partial charge >= 0.3 is 12.1 Å². The highest BCUT2D eigenvalue weighted by molar-refractivity contribution is 5.80. The van der Waals surface area contributed by atoms with E-state index in [-0.39, 0.29) is 0 Å². The first-order valence-corrected chi connectivity index (χ1v) is 6.35. The van der Waals surface area contributed by atoms with Gasteiger partial charge in [-0.2, -0.15) is 0 Å². The molecule has 0 saturated carbocycles. The summed E-state index contributed by atoms with van der Waals surface area (Å²) in [5, 5.41) is 9.03. The Hall–Kier alpha value is -1.34. The molecule has 7 heteroatoms. The number of amides is 1. The summed E-state index contributed by atoms with van der Waals surface area (Å²) in [7, 11) is 1.51. The minimum Gasteiger partial charge on any atom is -0.480 e. The molecule has 0 bridgehead atoms. The standard InChI is InChI=1S/C12H22N2O5/c1-12(2,6-7-13-18-3)19-11(17)14-8-4-5-9(14)10(15)16/h9,13H,4-8H2,1-3H3,(H,15,16). The van der Waals surface area contributed by atoms with Gasteiger partial charge in [-0.05, 0) is 26.7 Å². The van der Waals surface area contributed by atoms with Crippen LogP contribution in [-0.4, -0.2) is 53.9 Å². The van der Waals surface area contributed by atoms with Crippen LogP contribution in [0.5, 0.6) is 0 Å². The van der Waals surface area contributed by atoms with E-state index in [9.17, 15) is 9.59 Å². The van der Waals surface area contributed by atoms with Crippen molar-refractivity contribution in [3.8, 4) is 0 Å². The fraction of sp³-hybridized carbons (Fsp3) is 0.833. The molecule has 1 saturated heterocycles. The normalized spacial score (nSPS) is 19.5. The van der Waals surface area contributed by atoms with E-state index >= 15 is 0 Å². The van der Waals surface area contributed by atoms with Crippen LogP contribution in [0.4, 0.5) is 4.79 Å². The molecule has 0 aromatic carbocycles.